The van der Waals surface area contributed by atoms with E-state index < -0.39 is 6.10 Å². The molecule has 5 heteroatoms. The highest BCUT2D eigenvalue weighted by atomic mass is 19.1. The van der Waals surface area contributed by atoms with E-state index in [-0.39, 0.29) is 11.7 Å². The Hall–Kier alpha value is -3.70. The first kappa shape index (κ1) is 22.5. The van der Waals surface area contributed by atoms with Gasteiger partial charge in [0.05, 0.1) is 11.8 Å². The number of carbonyl (C=O) groups is 1. The fourth-order valence-corrected chi connectivity index (χ4v) is 4.10. The van der Waals surface area contributed by atoms with Crippen LogP contribution < -0.4 is 0 Å². The fraction of sp³-hybridized carbons (Fsp3) is 0.179. The number of fused-ring (bicyclic) bond motifs is 1. The Morgan fingerprint density at radius 3 is 2.42 bits per heavy atom. The molecular formula is C28H27FN2O2. The van der Waals surface area contributed by atoms with Gasteiger partial charge in [0.1, 0.15) is 5.82 Å². The summed E-state index contributed by atoms with van der Waals surface area (Å²) in [5.74, 6) is -0.433. The minimum absolute atomic E-state index is 0.145. The lowest BCUT2D eigenvalue weighted by atomic mass is 10.0. The van der Waals surface area contributed by atoms with Crippen LogP contribution in [0.15, 0.2) is 84.9 Å². The van der Waals surface area contributed by atoms with Crippen molar-refractivity contribution in [2.24, 2.45) is 7.05 Å². The highest BCUT2D eigenvalue weighted by Gasteiger charge is 2.16. The number of aromatic nitrogens is 1. The first-order chi connectivity index (χ1) is 16.0. The molecule has 1 N–H and O–H groups in total. The fourth-order valence-electron chi connectivity index (χ4n) is 4.10. The first-order valence-corrected chi connectivity index (χ1v) is 10.9. The lowest BCUT2D eigenvalue weighted by molar-refractivity contribution is -0.125. The summed E-state index contributed by atoms with van der Waals surface area (Å²) in [5, 5.41) is 11.4. The molecule has 0 aliphatic rings. The van der Waals surface area contributed by atoms with Crippen LogP contribution in [0.2, 0.25) is 0 Å². The zero-order valence-corrected chi connectivity index (χ0v) is 18.8. The Bertz CT molecular complexity index is 1280. The predicted molar refractivity (Wildman–Crippen MR) is 131 cm³/mol. The quantitative estimate of drug-likeness (QED) is 0.380. The molecule has 33 heavy (non-hydrogen) atoms. The normalized spacial score (nSPS) is 12.4. The van der Waals surface area contributed by atoms with Crippen LogP contribution in [0, 0.1) is 5.82 Å². The van der Waals surface area contributed by atoms with E-state index in [0.717, 1.165) is 33.3 Å². The zero-order chi connectivity index (χ0) is 23.4. The molecule has 0 aliphatic heterocycles. The third-order valence-corrected chi connectivity index (χ3v) is 5.95. The molecule has 4 nitrogen and oxygen atoms in total. The smallest absolute Gasteiger partial charge is 0.246 e. The number of aryl methyl sites for hydroxylation is 1. The molecule has 4 aromatic rings. The van der Waals surface area contributed by atoms with E-state index in [2.05, 4.69) is 4.57 Å². The van der Waals surface area contributed by atoms with Gasteiger partial charge >= 0.3 is 0 Å². The number of carbonyl (C=O) groups excluding carboxylic acids is 1. The molecule has 0 saturated carbocycles. The van der Waals surface area contributed by atoms with E-state index in [1.54, 1.807) is 30.2 Å². The van der Waals surface area contributed by atoms with Crippen molar-refractivity contribution in [3.63, 3.8) is 0 Å². The SMILES string of the molecule is CN(CCC(O)c1ccccc1)C(=O)/C=C/c1c(-c2ccc(F)cc2)n(C)c2ccccc12. The van der Waals surface area contributed by atoms with Crippen LogP contribution in [0.1, 0.15) is 23.7 Å². The van der Waals surface area contributed by atoms with Gasteiger partial charge < -0.3 is 14.6 Å². The summed E-state index contributed by atoms with van der Waals surface area (Å²) in [6.45, 7) is 0.430. The number of aliphatic hydroxyl groups excluding tert-OH is 1. The number of likely N-dealkylation sites (N-methyl/N-ethyl adjacent to an activating group) is 1. The van der Waals surface area contributed by atoms with Gasteiger partial charge in [-0.25, -0.2) is 4.39 Å². The van der Waals surface area contributed by atoms with Gasteiger partial charge in [0.25, 0.3) is 0 Å². The van der Waals surface area contributed by atoms with Crippen LogP contribution in [0.5, 0.6) is 0 Å². The number of rotatable bonds is 7. The number of amides is 1. The van der Waals surface area contributed by atoms with E-state index in [0.29, 0.717) is 13.0 Å². The Morgan fingerprint density at radius 2 is 1.70 bits per heavy atom. The first-order valence-electron chi connectivity index (χ1n) is 10.9. The van der Waals surface area contributed by atoms with Gasteiger partial charge in [0.15, 0.2) is 0 Å². The molecule has 1 heterocycles. The molecule has 0 aliphatic carbocycles. The van der Waals surface area contributed by atoms with Gasteiger partial charge in [-0.1, -0.05) is 48.5 Å². The molecule has 0 bridgehead atoms. The summed E-state index contributed by atoms with van der Waals surface area (Å²) in [7, 11) is 3.70. The molecule has 168 valence electrons. The number of para-hydroxylation sites is 1. The van der Waals surface area contributed by atoms with Crippen molar-refractivity contribution in [3.05, 3.63) is 102 Å². The van der Waals surface area contributed by atoms with Gasteiger partial charge in [-0.3, -0.25) is 4.79 Å². The van der Waals surface area contributed by atoms with Crippen LogP contribution in [-0.4, -0.2) is 34.1 Å². The average Bonchev–Trinajstić information content (AvgIpc) is 3.13. The minimum atomic E-state index is -0.617. The number of halogens is 1. The Morgan fingerprint density at radius 1 is 1.03 bits per heavy atom. The van der Waals surface area contributed by atoms with Crippen molar-refractivity contribution in [1.29, 1.82) is 0 Å². The van der Waals surface area contributed by atoms with E-state index in [4.69, 9.17) is 0 Å². The third-order valence-electron chi connectivity index (χ3n) is 5.95. The van der Waals surface area contributed by atoms with Crippen molar-refractivity contribution in [3.8, 4) is 11.3 Å². The summed E-state index contributed by atoms with van der Waals surface area (Å²) in [6.07, 6.45) is 3.22. The van der Waals surface area contributed by atoms with E-state index >= 15 is 0 Å². The molecule has 1 amide bonds. The van der Waals surface area contributed by atoms with Crippen LogP contribution in [0.25, 0.3) is 28.2 Å². The molecule has 4 rings (SSSR count). The van der Waals surface area contributed by atoms with Crippen LogP contribution >= 0.6 is 0 Å². The maximum atomic E-state index is 13.5. The van der Waals surface area contributed by atoms with Crippen molar-refractivity contribution in [2.45, 2.75) is 12.5 Å². The average molecular weight is 443 g/mol. The molecule has 1 aromatic heterocycles. The maximum Gasteiger partial charge on any atom is 0.246 e. The molecular weight excluding hydrogens is 415 g/mol. The standard InChI is InChI=1S/C28H27FN2O2/c1-30(19-18-26(32)20-8-4-3-5-9-20)27(33)17-16-24-23-10-6-7-11-25(23)31(2)28(24)21-12-14-22(29)15-13-21/h3-17,26,32H,18-19H2,1-2H3/b17-16+. The molecule has 0 fully saturated rings. The van der Waals surface area contributed by atoms with Crippen molar-refractivity contribution in [1.82, 2.24) is 9.47 Å². The number of aliphatic hydroxyl groups is 1. The summed E-state index contributed by atoms with van der Waals surface area (Å²) in [4.78, 5) is 14.4. The van der Waals surface area contributed by atoms with Gasteiger partial charge in [0.2, 0.25) is 5.91 Å². The van der Waals surface area contributed by atoms with Gasteiger partial charge in [-0.15, -0.1) is 0 Å². The topological polar surface area (TPSA) is 45.5 Å². The van der Waals surface area contributed by atoms with Gasteiger partial charge in [-0.05, 0) is 54.0 Å². The van der Waals surface area contributed by atoms with Crippen molar-refractivity contribution in [2.75, 3.05) is 13.6 Å². The monoisotopic (exact) mass is 442 g/mol. The highest BCUT2D eigenvalue weighted by molar-refractivity contribution is 6.01. The van der Waals surface area contributed by atoms with Gasteiger partial charge in [-0.2, -0.15) is 0 Å². The predicted octanol–water partition coefficient (Wildman–Crippen LogP) is 5.58. The van der Waals surface area contributed by atoms with Crippen LogP contribution in [0.3, 0.4) is 0 Å². The number of hydrogen-bond acceptors (Lipinski definition) is 2. The Balaban J connectivity index is 1.56. The minimum Gasteiger partial charge on any atom is -0.388 e. The van der Waals surface area contributed by atoms with Gasteiger partial charge in [0, 0.05) is 43.2 Å². The molecule has 3 aromatic carbocycles. The lowest BCUT2D eigenvalue weighted by Gasteiger charge is -2.18. The molecule has 0 saturated heterocycles. The molecule has 1 unspecified atom stereocenters. The second-order valence-electron chi connectivity index (χ2n) is 8.15. The second-order valence-corrected chi connectivity index (χ2v) is 8.15. The molecule has 0 spiro atoms. The summed E-state index contributed by atoms with van der Waals surface area (Å²) < 4.78 is 15.6. The Labute approximate surface area is 193 Å². The second kappa shape index (κ2) is 9.84. The Kier molecular flexibility index (Phi) is 6.71. The largest absolute Gasteiger partial charge is 0.388 e. The summed E-state index contributed by atoms with van der Waals surface area (Å²) in [5.41, 5.74) is 4.58. The highest BCUT2D eigenvalue weighted by Crippen LogP contribution is 2.34. The summed E-state index contributed by atoms with van der Waals surface area (Å²) >= 11 is 0. The molecule has 0 radical (unpaired) electrons. The molecule has 1 atom stereocenters. The van der Waals surface area contributed by atoms with Crippen LogP contribution in [-0.2, 0) is 11.8 Å². The van der Waals surface area contributed by atoms with E-state index in [1.807, 2.05) is 67.7 Å². The third kappa shape index (κ3) is 4.89. The number of benzene rings is 3. The maximum absolute atomic E-state index is 13.5. The van der Waals surface area contributed by atoms with E-state index in [9.17, 15) is 14.3 Å². The van der Waals surface area contributed by atoms with Crippen LogP contribution in [0.4, 0.5) is 4.39 Å². The number of nitrogens with zero attached hydrogens (tertiary/aromatic N) is 2. The zero-order valence-electron chi connectivity index (χ0n) is 18.8. The van der Waals surface area contributed by atoms with E-state index in [1.165, 1.54) is 12.1 Å². The lowest BCUT2D eigenvalue weighted by Crippen LogP contribution is -2.27. The van der Waals surface area contributed by atoms with Crippen molar-refractivity contribution >= 4 is 22.9 Å². The van der Waals surface area contributed by atoms with Crippen molar-refractivity contribution < 1.29 is 14.3 Å². The number of hydrogen-bond donors (Lipinski definition) is 1. The summed E-state index contributed by atoms with van der Waals surface area (Å²) in [6, 6.07) is 23.8.